The Morgan fingerprint density at radius 3 is 2.21 bits per heavy atom. The molecule has 7 heteroatoms. The third-order valence-corrected chi connectivity index (χ3v) is 7.32. The lowest BCUT2D eigenvalue weighted by molar-refractivity contribution is -0.119. The standard InChI is InChI=1S/C32H34N4O3/c1-21(2)35(32(38)33-30-22(3)10-8-11-23(30)4)20-29(37)36-27-13-7-6-12-26(27)34-19-9-14-28(34)31(36)24-15-17-25(39-5)18-16-24/h6-19,21,31H,20H2,1-5H3,(H,33,38). The molecule has 7 nitrogen and oxygen atoms in total. The van der Waals surface area contributed by atoms with Crippen molar-refractivity contribution < 1.29 is 14.3 Å². The van der Waals surface area contributed by atoms with Gasteiger partial charge in [-0.15, -0.1) is 0 Å². The lowest BCUT2D eigenvalue weighted by Gasteiger charge is -2.40. The number of amides is 3. The fourth-order valence-electron chi connectivity index (χ4n) is 5.26. The molecule has 1 aliphatic rings. The Bertz CT molecular complexity index is 1490. The molecule has 0 saturated carbocycles. The number of methoxy groups -OCH3 is 1. The van der Waals surface area contributed by atoms with E-state index in [9.17, 15) is 9.59 Å². The van der Waals surface area contributed by atoms with Gasteiger partial charge in [-0.25, -0.2) is 4.79 Å². The van der Waals surface area contributed by atoms with E-state index < -0.39 is 0 Å². The van der Waals surface area contributed by atoms with E-state index in [1.807, 2.05) is 118 Å². The van der Waals surface area contributed by atoms with E-state index in [1.165, 1.54) is 0 Å². The molecule has 1 N–H and O–H groups in total. The summed E-state index contributed by atoms with van der Waals surface area (Å²) in [6.07, 6.45) is 2.02. The Morgan fingerprint density at radius 1 is 0.897 bits per heavy atom. The van der Waals surface area contributed by atoms with Crippen molar-refractivity contribution in [3.8, 4) is 11.4 Å². The van der Waals surface area contributed by atoms with Crippen molar-refractivity contribution in [1.82, 2.24) is 9.47 Å². The van der Waals surface area contributed by atoms with Crippen molar-refractivity contribution in [2.75, 3.05) is 23.9 Å². The zero-order chi connectivity index (χ0) is 27.7. The van der Waals surface area contributed by atoms with Crippen molar-refractivity contribution in [3.63, 3.8) is 0 Å². The van der Waals surface area contributed by atoms with Crippen LogP contribution in [0.25, 0.3) is 5.69 Å². The molecule has 0 aliphatic carbocycles. The van der Waals surface area contributed by atoms with Crippen LogP contribution in [-0.4, -0.2) is 41.1 Å². The number of hydrogen-bond donors (Lipinski definition) is 1. The predicted molar refractivity (Wildman–Crippen MR) is 155 cm³/mol. The number of para-hydroxylation sites is 3. The van der Waals surface area contributed by atoms with Gasteiger partial charge in [-0.05, 0) is 80.8 Å². The number of benzene rings is 3. The maximum absolute atomic E-state index is 14.3. The number of nitrogens with zero attached hydrogens (tertiary/aromatic N) is 3. The highest BCUT2D eigenvalue weighted by atomic mass is 16.5. The fraction of sp³-hybridized carbons (Fsp3) is 0.250. The average molecular weight is 523 g/mol. The molecule has 5 rings (SSSR count). The number of rotatable bonds is 6. The van der Waals surface area contributed by atoms with Crippen LogP contribution in [0.1, 0.15) is 42.3 Å². The van der Waals surface area contributed by atoms with Gasteiger partial charge in [0, 0.05) is 17.9 Å². The van der Waals surface area contributed by atoms with E-state index in [1.54, 1.807) is 12.0 Å². The van der Waals surface area contributed by atoms with E-state index in [0.29, 0.717) is 0 Å². The van der Waals surface area contributed by atoms with Crippen LogP contribution in [-0.2, 0) is 4.79 Å². The second-order valence-electron chi connectivity index (χ2n) is 10.1. The molecule has 4 aromatic rings. The molecule has 1 atom stereocenters. The van der Waals surface area contributed by atoms with Crippen LogP contribution in [0.15, 0.2) is 85.1 Å². The zero-order valence-electron chi connectivity index (χ0n) is 23.0. The molecule has 1 aromatic heterocycles. The lowest BCUT2D eigenvalue weighted by atomic mass is 9.97. The van der Waals surface area contributed by atoms with E-state index in [-0.39, 0.29) is 30.6 Å². The van der Waals surface area contributed by atoms with E-state index >= 15 is 0 Å². The van der Waals surface area contributed by atoms with Crippen LogP contribution in [0.4, 0.5) is 16.2 Å². The van der Waals surface area contributed by atoms with Gasteiger partial charge in [0.15, 0.2) is 0 Å². The molecule has 0 spiro atoms. The topological polar surface area (TPSA) is 66.8 Å². The van der Waals surface area contributed by atoms with Gasteiger partial charge in [0.25, 0.3) is 0 Å². The third-order valence-electron chi connectivity index (χ3n) is 7.32. The first-order valence-electron chi connectivity index (χ1n) is 13.2. The quantitative estimate of drug-likeness (QED) is 0.315. The monoisotopic (exact) mass is 522 g/mol. The van der Waals surface area contributed by atoms with Crippen molar-refractivity contribution in [3.05, 3.63) is 107 Å². The van der Waals surface area contributed by atoms with Crippen molar-refractivity contribution in [2.24, 2.45) is 0 Å². The third kappa shape index (κ3) is 4.88. The number of nitrogens with one attached hydrogen (secondary N) is 1. The van der Waals surface area contributed by atoms with Gasteiger partial charge in [0.1, 0.15) is 18.3 Å². The van der Waals surface area contributed by atoms with Gasteiger partial charge in [-0.2, -0.15) is 0 Å². The van der Waals surface area contributed by atoms with Crippen LogP contribution in [0.5, 0.6) is 5.75 Å². The number of carbonyl (C=O) groups is 2. The number of aryl methyl sites for hydroxylation is 2. The highest BCUT2D eigenvalue weighted by molar-refractivity contribution is 6.01. The van der Waals surface area contributed by atoms with Crippen LogP contribution in [0.2, 0.25) is 0 Å². The Kier molecular flexibility index (Phi) is 7.15. The van der Waals surface area contributed by atoms with Gasteiger partial charge in [0.05, 0.1) is 24.2 Å². The molecule has 39 heavy (non-hydrogen) atoms. The molecular weight excluding hydrogens is 488 g/mol. The molecular formula is C32H34N4O3. The molecule has 0 radical (unpaired) electrons. The summed E-state index contributed by atoms with van der Waals surface area (Å²) in [5.41, 5.74) is 6.38. The minimum atomic E-state index is -0.371. The Labute approximate surface area is 229 Å². The molecule has 2 heterocycles. The second kappa shape index (κ2) is 10.7. The second-order valence-corrected chi connectivity index (χ2v) is 10.1. The van der Waals surface area contributed by atoms with Crippen molar-refractivity contribution in [2.45, 2.75) is 39.8 Å². The molecule has 200 valence electrons. The van der Waals surface area contributed by atoms with E-state index in [2.05, 4.69) is 9.88 Å². The SMILES string of the molecule is COc1ccc(C2c3cccn3-c3ccccc3N2C(=O)CN(C(=O)Nc2c(C)cccc2C)C(C)C)cc1. The predicted octanol–water partition coefficient (Wildman–Crippen LogP) is 6.48. The highest BCUT2D eigenvalue weighted by Gasteiger charge is 2.37. The Morgan fingerprint density at radius 2 is 1.56 bits per heavy atom. The Hall–Kier alpha value is -4.52. The van der Waals surface area contributed by atoms with E-state index in [4.69, 9.17) is 4.74 Å². The summed E-state index contributed by atoms with van der Waals surface area (Å²) >= 11 is 0. The average Bonchev–Trinajstić information content (AvgIpc) is 3.43. The first kappa shape index (κ1) is 26.1. The number of carbonyl (C=O) groups excluding carboxylic acids is 2. The number of urea groups is 1. The number of hydrogen-bond acceptors (Lipinski definition) is 3. The van der Waals surface area contributed by atoms with Gasteiger partial charge < -0.3 is 19.5 Å². The van der Waals surface area contributed by atoms with Crippen LogP contribution >= 0.6 is 0 Å². The largest absolute Gasteiger partial charge is 0.497 e. The highest BCUT2D eigenvalue weighted by Crippen LogP contribution is 2.42. The summed E-state index contributed by atoms with van der Waals surface area (Å²) in [6, 6.07) is 24.7. The number of ether oxygens (including phenoxy) is 1. The molecule has 1 unspecified atom stereocenters. The molecule has 3 aromatic carbocycles. The summed E-state index contributed by atoms with van der Waals surface area (Å²) in [7, 11) is 1.64. The fourth-order valence-corrected chi connectivity index (χ4v) is 5.26. The number of fused-ring (bicyclic) bond motifs is 3. The molecule has 0 bridgehead atoms. The maximum Gasteiger partial charge on any atom is 0.322 e. The van der Waals surface area contributed by atoms with Crippen LogP contribution in [0, 0.1) is 13.8 Å². The first-order chi connectivity index (χ1) is 18.8. The van der Waals surface area contributed by atoms with Gasteiger partial charge in [0.2, 0.25) is 5.91 Å². The summed E-state index contributed by atoms with van der Waals surface area (Å²) in [4.78, 5) is 31.2. The van der Waals surface area contributed by atoms with Gasteiger partial charge >= 0.3 is 6.03 Å². The maximum atomic E-state index is 14.3. The van der Waals surface area contributed by atoms with Crippen LogP contribution < -0.4 is 15.0 Å². The first-order valence-corrected chi connectivity index (χ1v) is 13.2. The van der Waals surface area contributed by atoms with Gasteiger partial charge in [-0.1, -0.05) is 42.5 Å². The normalized spacial score (nSPS) is 14.0. The van der Waals surface area contributed by atoms with Gasteiger partial charge in [-0.3, -0.25) is 9.69 Å². The molecule has 0 saturated heterocycles. The summed E-state index contributed by atoms with van der Waals surface area (Å²) < 4.78 is 7.50. The Balaban J connectivity index is 1.52. The van der Waals surface area contributed by atoms with E-state index in [0.717, 1.165) is 45.2 Å². The van der Waals surface area contributed by atoms with Crippen molar-refractivity contribution >= 4 is 23.3 Å². The summed E-state index contributed by atoms with van der Waals surface area (Å²) in [6.45, 7) is 7.71. The smallest absolute Gasteiger partial charge is 0.322 e. The van der Waals surface area contributed by atoms with Crippen molar-refractivity contribution in [1.29, 1.82) is 0 Å². The molecule has 1 aliphatic heterocycles. The number of anilines is 2. The zero-order valence-corrected chi connectivity index (χ0v) is 23.0. The summed E-state index contributed by atoms with van der Waals surface area (Å²) in [5, 5.41) is 3.05. The number of aromatic nitrogens is 1. The molecule has 0 fully saturated rings. The summed E-state index contributed by atoms with van der Waals surface area (Å²) in [5.74, 6) is 0.582. The minimum Gasteiger partial charge on any atom is -0.497 e. The lowest BCUT2D eigenvalue weighted by Crippen LogP contribution is -2.49. The minimum absolute atomic E-state index is 0.0733. The van der Waals surface area contributed by atoms with Crippen LogP contribution in [0.3, 0.4) is 0 Å². The molecule has 3 amide bonds.